The third-order valence-corrected chi connectivity index (χ3v) is 5.20. The fourth-order valence-corrected chi connectivity index (χ4v) is 2.98. The second-order valence-electron chi connectivity index (χ2n) is 6.98. The molecule has 20 heavy (non-hydrogen) atoms. The Hall–Kier alpha value is -1.32. The Morgan fingerprint density at radius 2 is 1.60 bits per heavy atom. The second kappa shape index (κ2) is 4.90. The molecule has 2 N–H and O–H groups in total. The Bertz CT molecular complexity index is 491. The lowest BCUT2D eigenvalue weighted by Crippen LogP contribution is -2.15. The third-order valence-electron chi connectivity index (χ3n) is 5.20. The molecule has 0 aliphatic heterocycles. The van der Waals surface area contributed by atoms with Crippen molar-refractivity contribution in [1.82, 2.24) is 9.97 Å². The first-order valence-electron chi connectivity index (χ1n) is 7.57. The highest BCUT2D eigenvalue weighted by Gasteiger charge is 2.65. The smallest absolute Gasteiger partial charge is 0.135 e. The van der Waals surface area contributed by atoms with Crippen molar-refractivity contribution in [1.29, 1.82) is 0 Å². The van der Waals surface area contributed by atoms with Crippen molar-refractivity contribution in [2.24, 2.45) is 10.8 Å². The first kappa shape index (κ1) is 15.1. The Balaban J connectivity index is 2.30. The van der Waals surface area contributed by atoms with Gasteiger partial charge in [0.15, 0.2) is 0 Å². The van der Waals surface area contributed by atoms with Crippen LogP contribution in [0.3, 0.4) is 0 Å². The van der Waals surface area contributed by atoms with E-state index < -0.39 is 0 Å². The van der Waals surface area contributed by atoms with Crippen molar-refractivity contribution in [3.8, 4) is 0 Å². The maximum Gasteiger partial charge on any atom is 0.135 e. The number of anilines is 2. The van der Waals surface area contributed by atoms with E-state index in [1.54, 1.807) is 0 Å². The highest BCUT2D eigenvalue weighted by molar-refractivity contribution is 5.58. The van der Waals surface area contributed by atoms with Gasteiger partial charge in [-0.15, -0.1) is 0 Å². The van der Waals surface area contributed by atoms with Crippen molar-refractivity contribution >= 4 is 11.6 Å². The lowest BCUT2D eigenvalue weighted by molar-refractivity contribution is 0.457. The van der Waals surface area contributed by atoms with Crippen LogP contribution in [0.15, 0.2) is 0 Å². The van der Waals surface area contributed by atoms with E-state index in [1.165, 1.54) is 0 Å². The highest BCUT2D eigenvalue weighted by atomic mass is 15.1. The van der Waals surface area contributed by atoms with Gasteiger partial charge >= 0.3 is 0 Å². The number of nitrogens with one attached hydrogen (secondary N) is 2. The predicted molar refractivity (Wildman–Crippen MR) is 85.3 cm³/mol. The van der Waals surface area contributed by atoms with Gasteiger partial charge in [0.25, 0.3) is 0 Å². The number of hydrogen-bond donors (Lipinski definition) is 2. The van der Waals surface area contributed by atoms with Crippen LogP contribution >= 0.6 is 0 Å². The van der Waals surface area contributed by atoms with E-state index >= 15 is 0 Å². The summed E-state index contributed by atoms with van der Waals surface area (Å²) in [7, 11) is 1.92. The molecule has 1 aliphatic carbocycles. The third kappa shape index (κ3) is 2.25. The standard InChI is InChI=1S/C16H28N4/c1-8-9-11-18-12(17-7)10(2)13(19-11)20-14-15(3,4)16(14,5)6/h14H,8-9H2,1-7H3,(H2,17,18,19,20). The summed E-state index contributed by atoms with van der Waals surface area (Å²) in [6.45, 7) is 13.5. The van der Waals surface area contributed by atoms with Crippen LogP contribution in [0.25, 0.3) is 0 Å². The van der Waals surface area contributed by atoms with E-state index in [2.05, 4.69) is 57.2 Å². The van der Waals surface area contributed by atoms with Crippen molar-refractivity contribution in [3.05, 3.63) is 11.4 Å². The van der Waals surface area contributed by atoms with Gasteiger partial charge in [-0.3, -0.25) is 0 Å². The van der Waals surface area contributed by atoms with Crippen LogP contribution in [0, 0.1) is 17.8 Å². The summed E-state index contributed by atoms with van der Waals surface area (Å²) < 4.78 is 0. The van der Waals surface area contributed by atoms with Gasteiger partial charge in [0.2, 0.25) is 0 Å². The molecular formula is C16H28N4. The molecule has 1 aliphatic rings. The molecule has 0 amide bonds. The van der Waals surface area contributed by atoms with Crippen molar-refractivity contribution in [3.63, 3.8) is 0 Å². The van der Waals surface area contributed by atoms with Gasteiger partial charge in [0.05, 0.1) is 0 Å². The van der Waals surface area contributed by atoms with E-state index in [4.69, 9.17) is 4.98 Å². The largest absolute Gasteiger partial charge is 0.373 e. The van der Waals surface area contributed by atoms with Gasteiger partial charge in [0.1, 0.15) is 17.5 Å². The Labute approximate surface area is 122 Å². The number of nitrogens with zero attached hydrogens (tertiary/aromatic N) is 2. The Kier molecular flexibility index (Phi) is 3.69. The normalized spacial score (nSPS) is 19.8. The highest BCUT2D eigenvalue weighted by Crippen LogP contribution is 2.63. The van der Waals surface area contributed by atoms with Gasteiger partial charge in [-0.1, -0.05) is 34.6 Å². The van der Waals surface area contributed by atoms with Gasteiger partial charge in [-0.25, -0.2) is 9.97 Å². The fraction of sp³-hybridized carbons (Fsp3) is 0.750. The molecule has 1 aromatic rings. The summed E-state index contributed by atoms with van der Waals surface area (Å²) >= 11 is 0. The van der Waals surface area contributed by atoms with Crippen LogP contribution in [0.1, 0.15) is 52.4 Å². The van der Waals surface area contributed by atoms with Gasteiger partial charge < -0.3 is 10.6 Å². The molecule has 1 saturated carbocycles. The number of hydrogen-bond acceptors (Lipinski definition) is 4. The number of aryl methyl sites for hydroxylation is 1. The second-order valence-corrected chi connectivity index (χ2v) is 6.98. The monoisotopic (exact) mass is 276 g/mol. The summed E-state index contributed by atoms with van der Waals surface area (Å²) in [6, 6.07) is 0.461. The van der Waals surface area contributed by atoms with Gasteiger partial charge in [-0.05, 0) is 24.2 Å². The topological polar surface area (TPSA) is 49.8 Å². The molecule has 0 radical (unpaired) electrons. The zero-order valence-electron chi connectivity index (χ0n) is 13.9. The molecule has 4 nitrogen and oxygen atoms in total. The fourth-order valence-electron chi connectivity index (χ4n) is 2.98. The van der Waals surface area contributed by atoms with Crippen molar-refractivity contribution in [2.45, 2.75) is 60.4 Å². The average Bonchev–Trinajstić information content (AvgIpc) is 2.75. The zero-order valence-corrected chi connectivity index (χ0v) is 13.9. The molecule has 0 spiro atoms. The molecule has 0 bridgehead atoms. The molecule has 0 saturated heterocycles. The van der Waals surface area contributed by atoms with Crippen molar-refractivity contribution < 1.29 is 0 Å². The minimum atomic E-state index is 0.301. The molecule has 2 rings (SSSR count). The molecule has 0 aromatic carbocycles. The molecule has 4 heteroatoms. The van der Waals surface area contributed by atoms with Crippen LogP contribution in [0.5, 0.6) is 0 Å². The maximum absolute atomic E-state index is 4.72. The summed E-state index contributed by atoms with van der Waals surface area (Å²) in [5.74, 6) is 2.83. The van der Waals surface area contributed by atoms with Crippen molar-refractivity contribution in [2.75, 3.05) is 17.7 Å². The van der Waals surface area contributed by atoms with E-state index in [0.717, 1.165) is 35.9 Å². The lowest BCUT2D eigenvalue weighted by Gasteiger charge is -2.15. The van der Waals surface area contributed by atoms with E-state index in [0.29, 0.717) is 16.9 Å². The summed E-state index contributed by atoms with van der Waals surface area (Å²) in [4.78, 5) is 9.30. The van der Waals surface area contributed by atoms with Gasteiger partial charge in [0, 0.05) is 25.1 Å². The molecule has 0 atom stereocenters. The van der Waals surface area contributed by atoms with Crippen LogP contribution < -0.4 is 10.6 Å². The van der Waals surface area contributed by atoms with Crippen LogP contribution in [-0.4, -0.2) is 23.1 Å². The lowest BCUT2D eigenvalue weighted by atomic mass is 10.0. The quantitative estimate of drug-likeness (QED) is 0.862. The van der Waals surface area contributed by atoms with E-state index in [-0.39, 0.29) is 0 Å². The van der Waals surface area contributed by atoms with Crippen LogP contribution in [0.2, 0.25) is 0 Å². The molecule has 1 fully saturated rings. The first-order chi connectivity index (χ1) is 9.25. The minimum absolute atomic E-state index is 0.301. The zero-order chi connectivity index (χ0) is 15.1. The molecule has 1 heterocycles. The molecule has 1 aromatic heterocycles. The average molecular weight is 276 g/mol. The van der Waals surface area contributed by atoms with Crippen LogP contribution in [-0.2, 0) is 6.42 Å². The Morgan fingerprint density at radius 3 is 2.05 bits per heavy atom. The predicted octanol–water partition coefficient (Wildman–Crippen LogP) is 3.63. The summed E-state index contributed by atoms with van der Waals surface area (Å²) in [6.07, 6.45) is 1.98. The maximum atomic E-state index is 4.72. The SMILES string of the molecule is CCCc1nc(NC)c(C)c(NC2C(C)(C)C2(C)C)n1. The minimum Gasteiger partial charge on any atom is -0.373 e. The summed E-state index contributed by atoms with van der Waals surface area (Å²) in [5.41, 5.74) is 1.70. The van der Waals surface area contributed by atoms with Crippen LogP contribution in [0.4, 0.5) is 11.6 Å². The van der Waals surface area contributed by atoms with Gasteiger partial charge in [-0.2, -0.15) is 0 Å². The number of aromatic nitrogens is 2. The number of rotatable bonds is 5. The molecule has 0 unspecified atom stereocenters. The van der Waals surface area contributed by atoms with E-state index in [9.17, 15) is 0 Å². The Morgan fingerprint density at radius 1 is 1.05 bits per heavy atom. The molecule has 112 valence electrons. The van der Waals surface area contributed by atoms with E-state index in [1.807, 2.05) is 7.05 Å². The summed E-state index contributed by atoms with van der Waals surface area (Å²) in [5, 5.41) is 6.83. The molecular weight excluding hydrogens is 248 g/mol. The first-order valence-corrected chi connectivity index (χ1v) is 7.57.